The Morgan fingerprint density at radius 3 is 2.51 bits per heavy atom. The molecule has 3 atom stereocenters. The van der Waals surface area contributed by atoms with Gasteiger partial charge in [-0.2, -0.15) is 18.2 Å². The lowest BCUT2D eigenvalue weighted by atomic mass is 9.87. The minimum atomic E-state index is -4.75. The maximum absolute atomic E-state index is 14.8. The van der Waals surface area contributed by atoms with Crippen molar-refractivity contribution in [3.05, 3.63) is 63.8 Å². The fourth-order valence-corrected chi connectivity index (χ4v) is 7.65. The largest absolute Gasteiger partial charge is 0.417 e. The third-order valence-electron chi connectivity index (χ3n) is 8.03. The molecule has 1 saturated heterocycles. The molecule has 0 radical (unpaired) electrons. The predicted octanol–water partition coefficient (Wildman–Crippen LogP) is 6.09. The average molecular weight is 592 g/mol. The third kappa shape index (κ3) is 5.36. The average Bonchev–Trinajstić information content (AvgIpc) is 3.11. The molecule has 0 spiro atoms. The Labute approximate surface area is 238 Å². The van der Waals surface area contributed by atoms with Crippen LogP contribution in [0.4, 0.5) is 27.8 Å². The van der Waals surface area contributed by atoms with Gasteiger partial charge in [0, 0.05) is 84.0 Å². The standard InChI is InChI=1S/C29H30F5N5OS/c1-16-12-38(13-17(2)36-16)26-20-11-21(29(32,33)34)23(18-6-8-28(30,31)9-7-18)25-24(20)39(27(40)37-26)14-19(15-41-25)22-5-3-4-10-35-22/h3-6,10-11,16-17,19,36H,7-9,12-15H2,1-2H3/t16-,17+,19?. The van der Waals surface area contributed by atoms with Gasteiger partial charge in [0.1, 0.15) is 5.82 Å². The minimum absolute atomic E-state index is 0.0338. The highest BCUT2D eigenvalue weighted by atomic mass is 32.2. The summed E-state index contributed by atoms with van der Waals surface area (Å²) >= 11 is 1.23. The van der Waals surface area contributed by atoms with Crippen molar-refractivity contribution in [1.29, 1.82) is 0 Å². The van der Waals surface area contributed by atoms with Gasteiger partial charge in [0.15, 0.2) is 0 Å². The van der Waals surface area contributed by atoms with Crippen molar-refractivity contribution < 1.29 is 22.0 Å². The van der Waals surface area contributed by atoms with Crippen molar-refractivity contribution in [2.24, 2.45) is 0 Å². The van der Waals surface area contributed by atoms with E-state index in [4.69, 9.17) is 0 Å². The summed E-state index contributed by atoms with van der Waals surface area (Å²) in [5.41, 5.74) is -0.194. The Hall–Kier alpha value is -2.99. The molecule has 6 nitrogen and oxygen atoms in total. The first kappa shape index (κ1) is 28.1. The molecule has 2 aromatic heterocycles. The lowest BCUT2D eigenvalue weighted by molar-refractivity contribution is -0.137. The van der Waals surface area contributed by atoms with Crippen molar-refractivity contribution in [2.75, 3.05) is 23.7 Å². The number of rotatable bonds is 3. The number of hydrogen-bond donors (Lipinski definition) is 1. The Kier molecular flexibility index (Phi) is 7.12. The van der Waals surface area contributed by atoms with Gasteiger partial charge in [0.05, 0.1) is 11.1 Å². The van der Waals surface area contributed by atoms with Crippen molar-refractivity contribution in [3.63, 3.8) is 0 Å². The molecule has 1 N–H and O–H groups in total. The number of nitrogens with zero attached hydrogens (tertiary/aromatic N) is 4. The molecule has 12 heteroatoms. The van der Waals surface area contributed by atoms with Crippen LogP contribution in [0.2, 0.25) is 0 Å². The van der Waals surface area contributed by atoms with Gasteiger partial charge in [0.25, 0.3) is 5.92 Å². The summed E-state index contributed by atoms with van der Waals surface area (Å²) < 4.78 is 74.1. The highest BCUT2D eigenvalue weighted by Gasteiger charge is 2.41. The van der Waals surface area contributed by atoms with Crippen LogP contribution < -0.4 is 15.9 Å². The van der Waals surface area contributed by atoms with E-state index in [-0.39, 0.29) is 53.3 Å². The van der Waals surface area contributed by atoms with Crippen molar-refractivity contribution in [2.45, 2.75) is 74.7 Å². The molecular weight excluding hydrogens is 561 g/mol. The molecule has 2 aliphatic heterocycles. The molecule has 0 bridgehead atoms. The van der Waals surface area contributed by atoms with Gasteiger partial charge in [-0.25, -0.2) is 13.6 Å². The molecule has 3 aromatic rings. The summed E-state index contributed by atoms with van der Waals surface area (Å²) in [4.78, 5) is 24.7. The second-order valence-corrected chi connectivity index (χ2v) is 12.3. The fraction of sp³-hybridized carbons (Fsp3) is 0.483. The maximum Gasteiger partial charge on any atom is 0.417 e. The molecule has 0 amide bonds. The number of piperazine rings is 1. The highest BCUT2D eigenvalue weighted by Crippen LogP contribution is 2.50. The van der Waals surface area contributed by atoms with E-state index in [1.165, 1.54) is 22.4 Å². The Morgan fingerprint density at radius 1 is 1.12 bits per heavy atom. The van der Waals surface area contributed by atoms with E-state index in [1.807, 2.05) is 30.9 Å². The molecule has 41 heavy (non-hydrogen) atoms. The van der Waals surface area contributed by atoms with E-state index in [0.29, 0.717) is 29.3 Å². The quantitative estimate of drug-likeness (QED) is 0.372. The van der Waals surface area contributed by atoms with Crippen LogP contribution in [0.25, 0.3) is 16.5 Å². The first-order valence-corrected chi connectivity index (χ1v) is 14.7. The van der Waals surface area contributed by atoms with Gasteiger partial charge in [0.2, 0.25) is 0 Å². The van der Waals surface area contributed by atoms with Crippen molar-refractivity contribution in [3.8, 4) is 0 Å². The second-order valence-electron chi connectivity index (χ2n) is 11.3. The van der Waals surface area contributed by atoms with Crippen molar-refractivity contribution >= 4 is 34.1 Å². The fourth-order valence-electron chi connectivity index (χ4n) is 6.26. The van der Waals surface area contributed by atoms with E-state index < -0.39 is 36.2 Å². The zero-order valence-corrected chi connectivity index (χ0v) is 23.5. The zero-order valence-electron chi connectivity index (χ0n) is 22.6. The third-order valence-corrected chi connectivity index (χ3v) is 9.28. The molecule has 1 aromatic carbocycles. The van der Waals surface area contributed by atoms with Crippen LogP contribution in [0.5, 0.6) is 0 Å². The number of nitrogens with one attached hydrogen (secondary N) is 1. The number of allylic oxidation sites excluding steroid dienone is 2. The number of benzene rings is 1. The molecule has 218 valence electrons. The predicted molar refractivity (Wildman–Crippen MR) is 150 cm³/mol. The van der Waals surface area contributed by atoms with Crippen LogP contribution >= 0.6 is 11.8 Å². The maximum atomic E-state index is 14.8. The first-order valence-electron chi connectivity index (χ1n) is 13.7. The van der Waals surface area contributed by atoms with E-state index in [1.54, 1.807) is 12.3 Å². The zero-order chi connectivity index (χ0) is 29.1. The number of hydrogen-bond acceptors (Lipinski definition) is 6. The van der Waals surface area contributed by atoms with Gasteiger partial charge in [-0.15, -0.1) is 11.8 Å². The van der Waals surface area contributed by atoms with Crippen LogP contribution in [-0.2, 0) is 12.7 Å². The normalized spacial score (nSPS) is 24.7. The first-order chi connectivity index (χ1) is 19.4. The molecule has 1 aliphatic carbocycles. The Balaban J connectivity index is 1.65. The van der Waals surface area contributed by atoms with Gasteiger partial charge in [-0.3, -0.25) is 9.55 Å². The molecule has 3 aliphatic rings. The summed E-state index contributed by atoms with van der Waals surface area (Å²) in [5, 5.41) is 3.65. The lowest BCUT2D eigenvalue weighted by Crippen LogP contribution is -2.55. The smallest absolute Gasteiger partial charge is 0.353 e. The number of thioether (sulfide) groups is 1. The van der Waals surface area contributed by atoms with Gasteiger partial charge < -0.3 is 10.2 Å². The Morgan fingerprint density at radius 2 is 1.88 bits per heavy atom. The molecule has 4 heterocycles. The monoisotopic (exact) mass is 591 g/mol. The van der Waals surface area contributed by atoms with E-state index in [2.05, 4.69) is 15.3 Å². The number of halogens is 5. The number of anilines is 1. The number of pyridine rings is 1. The van der Waals surface area contributed by atoms with E-state index >= 15 is 0 Å². The molecular formula is C29H30F5N5OS. The topological polar surface area (TPSA) is 63.1 Å². The molecule has 0 saturated carbocycles. The molecule has 1 fully saturated rings. The molecule has 1 unspecified atom stereocenters. The van der Waals surface area contributed by atoms with Gasteiger partial charge in [-0.05, 0) is 44.0 Å². The summed E-state index contributed by atoms with van der Waals surface area (Å²) in [6.07, 6.45) is -3.21. The minimum Gasteiger partial charge on any atom is -0.353 e. The summed E-state index contributed by atoms with van der Waals surface area (Å²) in [5.74, 6) is -2.64. The van der Waals surface area contributed by atoms with Crippen LogP contribution in [0, 0.1) is 0 Å². The lowest BCUT2D eigenvalue weighted by Gasteiger charge is -2.37. The van der Waals surface area contributed by atoms with E-state index in [9.17, 15) is 26.7 Å². The Bertz CT molecular complexity index is 1560. The number of aromatic nitrogens is 3. The highest BCUT2D eigenvalue weighted by molar-refractivity contribution is 7.99. The van der Waals surface area contributed by atoms with Gasteiger partial charge >= 0.3 is 11.9 Å². The van der Waals surface area contributed by atoms with Crippen molar-refractivity contribution in [1.82, 2.24) is 19.9 Å². The summed E-state index contributed by atoms with van der Waals surface area (Å²) in [6.45, 7) is 5.08. The van der Waals surface area contributed by atoms with E-state index in [0.717, 1.165) is 11.8 Å². The van der Waals surface area contributed by atoms with Crippen LogP contribution in [0.15, 0.2) is 46.2 Å². The summed E-state index contributed by atoms with van der Waals surface area (Å²) in [7, 11) is 0. The van der Waals surface area contributed by atoms with Crippen LogP contribution in [-0.4, -0.2) is 51.4 Å². The van der Waals surface area contributed by atoms with Crippen LogP contribution in [0.3, 0.4) is 0 Å². The number of alkyl halides is 5. The molecule has 6 rings (SSSR count). The van der Waals surface area contributed by atoms with Crippen LogP contribution in [0.1, 0.15) is 55.8 Å². The van der Waals surface area contributed by atoms with Gasteiger partial charge in [-0.1, -0.05) is 12.1 Å². The SMILES string of the molecule is C[C@@H]1CN(c2nc(=O)n3c4c(c(C5=CCC(F)(F)CC5)c(C(F)(F)F)cc24)SCC(c2ccccn2)C3)C[C@H](C)N1. The second kappa shape index (κ2) is 10.4. The summed E-state index contributed by atoms with van der Waals surface area (Å²) in [6, 6.07) is 6.59.